The maximum absolute atomic E-state index is 5.82. The highest BCUT2D eigenvalue weighted by Crippen LogP contribution is 2.29. The van der Waals surface area contributed by atoms with Gasteiger partial charge in [0.25, 0.3) is 0 Å². The number of likely N-dealkylation sites (N-methyl/N-ethyl adjacent to an activating group) is 1. The quantitative estimate of drug-likeness (QED) is 0.805. The second kappa shape index (κ2) is 4.81. The van der Waals surface area contributed by atoms with Gasteiger partial charge in [0, 0.05) is 24.7 Å². The van der Waals surface area contributed by atoms with Gasteiger partial charge in [0.05, 0.1) is 12.5 Å². The highest BCUT2D eigenvalue weighted by Gasteiger charge is 2.23. The van der Waals surface area contributed by atoms with Gasteiger partial charge in [-0.1, -0.05) is 6.42 Å². The average Bonchev–Trinajstić information content (AvgIpc) is 2.66. The van der Waals surface area contributed by atoms with E-state index in [0.29, 0.717) is 12.6 Å². The van der Waals surface area contributed by atoms with Crippen LogP contribution in [0.1, 0.15) is 30.9 Å². The first kappa shape index (κ1) is 10.7. The Kier molecular flexibility index (Phi) is 3.44. The van der Waals surface area contributed by atoms with E-state index in [-0.39, 0.29) is 0 Å². The zero-order valence-electron chi connectivity index (χ0n) is 9.36. The van der Waals surface area contributed by atoms with E-state index < -0.39 is 0 Å². The second-order valence-electron chi connectivity index (χ2n) is 4.54. The summed E-state index contributed by atoms with van der Waals surface area (Å²) < 4.78 is 5.11. The SMILES string of the molecule is CN(CC1CCC1)C(CN)c1ccoc1. The largest absolute Gasteiger partial charge is 0.472 e. The van der Waals surface area contributed by atoms with Crippen molar-refractivity contribution in [3.8, 4) is 0 Å². The highest BCUT2D eigenvalue weighted by molar-refractivity contribution is 5.12. The zero-order chi connectivity index (χ0) is 10.7. The van der Waals surface area contributed by atoms with Crippen molar-refractivity contribution >= 4 is 0 Å². The van der Waals surface area contributed by atoms with Crippen molar-refractivity contribution in [2.75, 3.05) is 20.1 Å². The molecule has 3 nitrogen and oxygen atoms in total. The number of furan rings is 1. The Labute approximate surface area is 91.2 Å². The first-order chi connectivity index (χ1) is 7.31. The van der Waals surface area contributed by atoms with Crippen LogP contribution in [0, 0.1) is 5.92 Å². The van der Waals surface area contributed by atoms with Crippen LogP contribution in [0.15, 0.2) is 23.0 Å². The minimum absolute atomic E-state index is 0.310. The summed E-state index contributed by atoms with van der Waals surface area (Å²) in [5, 5.41) is 0. The minimum atomic E-state index is 0.310. The molecule has 1 unspecified atom stereocenters. The van der Waals surface area contributed by atoms with Crippen LogP contribution in [0.2, 0.25) is 0 Å². The molecule has 1 aliphatic carbocycles. The molecule has 0 aliphatic heterocycles. The summed E-state index contributed by atoms with van der Waals surface area (Å²) in [4.78, 5) is 2.36. The van der Waals surface area contributed by atoms with Crippen LogP contribution in [-0.4, -0.2) is 25.0 Å². The standard InChI is InChI=1S/C12H20N2O/c1-14(8-10-3-2-4-10)12(7-13)11-5-6-15-9-11/h5-6,9-10,12H,2-4,7-8,13H2,1H3. The number of rotatable bonds is 5. The van der Waals surface area contributed by atoms with Crippen LogP contribution in [0.25, 0.3) is 0 Å². The molecule has 0 aromatic carbocycles. The van der Waals surface area contributed by atoms with E-state index in [4.69, 9.17) is 10.2 Å². The molecule has 1 aliphatic rings. The van der Waals surface area contributed by atoms with Gasteiger partial charge >= 0.3 is 0 Å². The smallest absolute Gasteiger partial charge is 0.0950 e. The van der Waals surface area contributed by atoms with Crippen molar-refractivity contribution < 1.29 is 4.42 Å². The molecule has 0 amide bonds. The van der Waals surface area contributed by atoms with Gasteiger partial charge in [0.15, 0.2) is 0 Å². The maximum Gasteiger partial charge on any atom is 0.0950 e. The third kappa shape index (κ3) is 2.41. The summed E-state index contributed by atoms with van der Waals surface area (Å²) in [5.41, 5.74) is 7.01. The Hall–Kier alpha value is -0.800. The molecule has 15 heavy (non-hydrogen) atoms. The number of hydrogen-bond donors (Lipinski definition) is 1. The average molecular weight is 208 g/mol. The molecule has 2 rings (SSSR count). The van der Waals surface area contributed by atoms with Crippen molar-refractivity contribution in [3.63, 3.8) is 0 Å². The number of nitrogens with two attached hydrogens (primary N) is 1. The lowest BCUT2D eigenvalue weighted by atomic mass is 9.85. The van der Waals surface area contributed by atoms with Gasteiger partial charge in [-0.05, 0) is 31.9 Å². The third-order valence-corrected chi connectivity index (χ3v) is 3.45. The lowest BCUT2D eigenvalue weighted by Crippen LogP contribution is -2.35. The van der Waals surface area contributed by atoms with Crippen LogP contribution < -0.4 is 5.73 Å². The van der Waals surface area contributed by atoms with Gasteiger partial charge in [0.1, 0.15) is 0 Å². The monoisotopic (exact) mass is 208 g/mol. The van der Waals surface area contributed by atoms with E-state index in [9.17, 15) is 0 Å². The molecule has 1 aromatic heterocycles. The van der Waals surface area contributed by atoms with Crippen molar-refractivity contribution in [1.82, 2.24) is 4.90 Å². The molecule has 3 heteroatoms. The molecule has 0 bridgehead atoms. The molecular weight excluding hydrogens is 188 g/mol. The van der Waals surface area contributed by atoms with Crippen molar-refractivity contribution in [1.29, 1.82) is 0 Å². The molecule has 0 spiro atoms. The van der Waals surface area contributed by atoms with E-state index in [1.165, 1.54) is 24.8 Å². The Morgan fingerprint density at radius 1 is 1.60 bits per heavy atom. The molecule has 1 atom stereocenters. The molecule has 1 heterocycles. The van der Waals surface area contributed by atoms with Crippen LogP contribution >= 0.6 is 0 Å². The van der Waals surface area contributed by atoms with Crippen LogP contribution in [-0.2, 0) is 0 Å². The first-order valence-corrected chi connectivity index (χ1v) is 5.73. The van der Waals surface area contributed by atoms with Crippen molar-refractivity contribution in [3.05, 3.63) is 24.2 Å². The topological polar surface area (TPSA) is 42.4 Å². The molecule has 1 aromatic rings. The van der Waals surface area contributed by atoms with Gasteiger partial charge < -0.3 is 10.2 Å². The minimum Gasteiger partial charge on any atom is -0.472 e. The van der Waals surface area contributed by atoms with Crippen LogP contribution in [0.3, 0.4) is 0 Å². The lowest BCUT2D eigenvalue weighted by molar-refractivity contribution is 0.164. The fourth-order valence-corrected chi connectivity index (χ4v) is 2.24. The molecule has 1 saturated carbocycles. The second-order valence-corrected chi connectivity index (χ2v) is 4.54. The van der Waals surface area contributed by atoms with E-state index in [2.05, 4.69) is 11.9 Å². The molecule has 84 valence electrons. The van der Waals surface area contributed by atoms with Gasteiger partial charge in [-0.2, -0.15) is 0 Å². The zero-order valence-corrected chi connectivity index (χ0v) is 9.36. The molecule has 0 saturated heterocycles. The fourth-order valence-electron chi connectivity index (χ4n) is 2.24. The van der Waals surface area contributed by atoms with Gasteiger partial charge in [-0.3, -0.25) is 4.90 Å². The lowest BCUT2D eigenvalue weighted by Gasteiger charge is -2.34. The Morgan fingerprint density at radius 3 is 2.87 bits per heavy atom. The van der Waals surface area contributed by atoms with E-state index >= 15 is 0 Å². The normalized spacial score (nSPS) is 19.1. The van der Waals surface area contributed by atoms with Crippen LogP contribution in [0.4, 0.5) is 0 Å². The predicted molar refractivity (Wildman–Crippen MR) is 60.5 cm³/mol. The number of hydrogen-bond acceptors (Lipinski definition) is 3. The highest BCUT2D eigenvalue weighted by atomic mass is 16.3. The summed E-state index contributed by atoms with van der Waals surface area (Å²) >= 11 is 0. The molecule has 2 N–H and O–H groups in total. The third-order valence-electron chi connectivity index (χ3n) is 3.45. The summed E-state index contributed by atoms with van der Waals surface area (Å²) in [6.45, 7) is 1.82. The molecule has 0 radical (unpaired) electrons. The van der Waals surface area contributed by atoms with Crippen LogP contribution in [0.5, 0.6) is 0 Å². The summed E-state index contributed by atoms with van der Waals surface area (Å²) in [7, 11) is 2.16. The molecular formula is C12H20N2O. The Balaban J connectivity index is 1.93. The van der Waals surface area contributed by atoms with E-state index in [1.807, 2.05) is 6.07 Å². The molecule has 1 fully saturated rings. The first-order valence-electron chi connectivity index (χ1n) is 5.73. The van der Waals surface area contributed by atoms with Crippen molar-refractivity contribution in [2.24, 2.45) is 11.7 Å². The number of nitrogens with zero attached hydrogens (tertiary/aromatic N) is 1. The van der Waals surface area contributed by atoms with Gasteiger partial charge in [-0.15, -0.1) is 0 Å². The summed E-state index contributed by atoms with van der Waals surface area (Å²) in [6.07, 6.45) is 7.68. The fraction of sp³-hybridized carbons (Fsp3) is 0.667. The van der Waals surface area contributed by atoms with Crippen molar-refractivity contribution in [2.45, 2.75) is 25.3 Å². The summed E-state index contributed by atoms with van der Waals surface area (Å²) in [6, 6.07) is 2.32. The van der Waals surface area contributed by atoms with Gasteiger partial charge in [0.2, 0.25) is 0 Å². The maximum atomic E-state index is 5.82. The Morgan fingerprint density at radius 2 is 2.40 bits per heavy atom. The van der Waals surface area contributed by atoms with E-state index in [1.54, 1.807) is 12.5 Å². The predicted octanol–water partition coefficient (Wildman–Crippen LogP) is 2.01. The Bertz CT molecular complexity index is 280. The van der Waals surface area contributed by atoms with E-state index in [0.717, 1.165) is 12.5 Å². The van der Waals surface area contributed by atoms with Gasteiger partial charge in [-0.25, -0.2) is 0 Å². The summed E-state index contributed by atoms with van der Waals surface area (Å²) in [5.74, 6) is 0.885.